The van der Waals surface area contributed by atoms with Crippen molar-refractivity contribution < 1.29 is 19.1 Å². The number of esters is 1. The Morgan fingerprint density at radius 3 is 2.62 bits per heavy atom. The van der Waals surface area contributed by atoms with Gasteiger partial charge in [0.1, 0.15) is 0 Å². The van der Waals surface area contributed by atoms with Gasteiger partial charge in [-0.25, -0.2) is 0 Å². The Morgan fingerprint density at radius 1 is 1.08 bits per heavy atom. The van der Waals surface area contributed by atoms with Crippen LogP contribution in [0.3, 0.4) is 0 Å². The molecule has 0 saturated carbocycles. The van der Waals surface area contributed by atoms with Crippen LogP contribution in [0.4, 0.5) is 0 Å². The Kier molecular flexibility index (Phi) is 10.6. The molecule has 0 unspecified atom stereocenters. The first-order chi connectivity index (χ1) is 11.6. The summed E-state index contributed by atoms with van der Waals surface area (Å²) < 4.78 is 4.96. The molecule has 0 heterocycles. The molecule has 6 nitrogen and oxygen atoms in total. The minimum Gasteiger partial charge on any atom is -0.456 e. The van der Waals surface area contributed by atoms with Crippen molar-refractivity contribution in [2.75, 3.05) is 19.7 Å². The highest BCUT2D eigenvalue weighted by Crippen LogP contribution is 2.19. The van der Waals surface area contributed by atoms with E-state index in [1.165, 1.54) is 25.3 Å². The first-order valence-corrected chi connectivity index (χ1v) is 8.92. The normalized spacial score (nSPS) is 13.8. The van der Waals surface area contributed by atoms with E-state index in [-0.39, 0.29) is 24.4 Å². The van der Waals surface area contributed by atoms with Crippen molar-refractivity contribution in [3.63, 3.8) is 0 Å². The van der Waals surface area contributed by atoms with E-state index in [9.17, 15) is 14.4 Å². The Hall–Kier alpha value is -1.85. The molecule has 0 atom stereocenters. The van der Waals surface area contributed by atoms with Gasteiger partial charge in [0.25, 0.3) is 5.91 Å². The molecule has 0 aromatic heterocycles. The molecule has 0 bridgehead atoms. The van der Waals surface area contributed by atoms with Gasteiger partial charge in [0, 0.05) is 26.4 Å². The van der Waals surface area contributed by atoms with Gasteiger partial charge in [-0.05, 0) is 44.9 Å². The number of unbranched alkanes of at least 4 members (excludes halogenated alkanes) is 2. The molecule has 0 saturated heterocycles. The first-order valence-electron chi connectivity index (χ1n) is 8.92. The molecule has 0 aromatic carbocycles. The van der Waals surface area contributed by atoms with Gasteiger partial charge in [0.2, 0.25) is 5.91 Å². The second kappa shape index (κ2) is 12.6. The maximum atomic E-state index is 11.6. The summed E-state index contributed by atoms with van der Waals surface area (Å²) in [5.41, 5.74) is 1.41. The molecular formula is C18H30N2O4. The number of carbonyl (C=O) groups excluding carboxylic acids is 3. The van der Waals surface area contributed by atoms with Crippen molar-refractivity contribution in [2.24, 2.45) is 0 Å². The summed E-state index contributed by atoms with van der Waals surface area (Å²) >= 11 is 0. The molecule has 1 rings (SSSR count). The van der Waals surface area contributed by atoms with E-state index in [0.29, 0.717) is 25.9 Å². The molecule has 0 aromatic rings. The van der Waals surface area contributed by atoms with Crippen LogP contribution in [0, 0.1) is 0 Å². The maximum absolute atomic E-state index is 11.6. The van der Waals surface area contributed by atoms with Crippen LogP contribution in [0.2, 0.25) is 0 Å². The number of rotatable bonds is 11. The summed E-state index contributed by atoms with van der Waals surface area (Å²) in [6.45, 7) is 2.51. The predicted octanol–water partition coefficient (Wildman–Crippen LogP) is 2.23. The quantitative estimate of drug-likeness (QED) is 0.344. The second-order valence-corrected chi connectivity index (χ2v) is 6.16. The number of carbonyl (C=O) groups is 3. The monoisotopic (exact) mass is 338 g/mol. The fraction of sp³-hybridized carbons (Fsp3) is 0.722. The average molecular weight is 338 g/mol. The van der Waals surface area contributed by atoms with Crippen LogP contribution < -0.4 is 10.6 Å². The Morgan fingerprint density at radius 2 is 1.92 bits per heavy atom. The third kappa shape index (κ3) is 10.8. The van der Waals surface area contributed by atoms with Gasteiger partial charge >= 0.3 is 5.97 Å². The van der Waals surface area contributed by atoms with Crippen molar-refractivity contribution in [3.05, 3.63) is 11.6 Å². The van der Waals surface area contributed by atoms with Crippen LogP contribution in [-0.4, -0.2) is 37.5 Å². The smallest absolute Gasteiger partial charge is 0.306 e. The molecule has 2 amide bonds. The summed E-state index contributed by atoms with van der Waals surface area (Å²) in [7, 11) is 0. The Labute approximate surface area is 144 Å². The summed E-state index contributed by atoms with van der Waals surface area (Å²) in [6, 6.07) is 0. The van der Waals surface area contributed by atoms with Gasteiger partial charge in [0.05, 0.1) is 0 Å². The molecular weight excluding hydrogens is 308 g/mol. The highest BCUT2D eigenvalue weighted by atomic mass is 16.5. The van der Waals surface area contributed by atoms with Gasteiger partial charge in [0.15, 0.2) is 6.61 Å². The van der Waals surface area contributed by atoms with Crippen LogP contribution in [0.25, 0.3) is 0 Å². The minimum atomic E-state index is -0.348. The van der Waals surface area contributed by atoms with Gasteiger partial charge in [-0.15, -0.1) is 0 Å². The van der Waals surface area contributed by atoms with E-state index in [1.54, 1.807) is 0 Å². The SMILES string of the molecule is CC(=O)NCCCCCC(=O)OCC(=O)NCCC1=CCCCC1. The van der Waals surface area contributed by atoms with Crippen molar-refractivity contribution >= 4 is 17.8 Å². The van der Waals surface area contributed by atoms with E-state index in [1.807, 2.05) is 0 Å². The molecule has 0 spiro atoms. The maximum Gasteiger partial charge on any atom is 0.306 e. The van der Waals surface area contributed by atoms with E-state index in [2.05, 4.69) is 16.7 Å². The number of amides is 2. The third-order valence-electron chi connectivity index (χ3n) is 3.95. The molecule has 1 aliphatic carbocycles. The Balaban J connectivity index is 1.96. The lowest BCUT2D eigenvalue weighted by Crippen LogP contribution is -2.29. The largest absolute Gasteiger partial charge is 0.456 e. The predicted molar refractivity (Wildman–Crippen MR) is 92.3 cm³/mol. The lowest BCUT2D eigenvalue weighted by Gasteiger charge is -2.13. The van der Waals surface area contributed by atoms with E-state index < -0.39 is 0 Å². The molecule has 0 radical (unpaired) electrons. The highest BCUT2D eigenvalue weighted by Gasteiger charge is 2.08. The number of ether oxygens (including phenoxy) is 1. The van der Waals surface area contributed by atoms with Crippen LogP contribution in [-0.2, 0) is 19.1 Å². The first kappa shape index (κ1) is 20.2. The van der Waals surface area contributed by atoms with Crippen LogP contribution in [0.5, 0.6) is 0 Å². The standard InChI is InChI=1S/C18H30N2O4/c1-15(21)19-12-7-3-6-10-18(23)24-14-17(22)20-13-11-16-8-4-2-5-9-16/h8H,2-7,9-14H2,1H3,(H,19,21)(H,20,22). The number of hydrogen-bond donors (Lipinski definition) is 2. The van der Waals surface area contributed by atoms with E-state index in [4.69, 9.17) is 4.74 Å². The topological polar surface area (TPSA) is 84.5 Å². The zero-order valence-electron chi connectivity index (χ0n) is 14.7. The average Bonchev–Trinajstić information content (AvgIpc) is 2.57. The van der Waals surface area contributed by atoms with Gasteiger partial charge < -0.3 is 15.4 Å². The molecule has 1 aliphatic rings. The second-order valence-electron chi connectivity index (χ2n) is 6.16. The summed E-state index contributed by atoms with van der Waals surface area (Å²) in [5.74, 6) is -0.634. The minimum absolute atomic E-state index is 0.0415. The molecule has 0 aliphatic heterocycles. The zero-order chi connectivity index (χ0) is 17.6. The summed E-state index contributed by atoms with van der Waals surface area (Å²) in [6.07, 6.45) is 10.6. The lowest BCUT2D eigenvalue weighted by atomic mass is 9.97. The molecule has 24 heavy (non-hydrogen) atoms. The molecule has 136 valence electrons. The van der Waals surface area contributed by atoms with Crippen molar-refractivity contribution in [1.82, 2.24) is 10.6 Å². The third-order valence-corrected chi connectivity index (χ3v) is 3.95. The zero-order valence-corrected chi connectivity index (χ0v) is 14.7. The summed E-state index contributed by atoms with van der Waals surface area (Å²) in [4.78, 5) is 33.8. The van der Waals surface area contributed by atoms with Crippen LogP contribution >= 0.6 is 0 Å². The lowest BCUT2D eigenvalue weighted by molar-refractivity contribution is -0.148. The van der Waals surface area contributed by atoms with Crippen LogP contribution in [0.1, 0.15) is 64.7 Å². The van der Waals surface area contributed by atoms with Crippen molar-refractivity contribution in [1.29, 1.82) is 0 Å². The fourth-order valence-electron chi connectivity index (χ4n) is 2.60. The number of allylic oxidation sites excluding steroid dienone is 1. The van der Waals surface area contributed by atoms with Gasteiger partial charge in [-0.1, -0.05) is 18.1 Å². The highest BCUT2D eigenvalue weighted by molar-refractivity contribution is 5.80. The number of nitrogens with one attached hydrogen (secondary N) is 2. The van der Waals surface area contributed by atoms with Crippen molar-refractivity contribution in [3.8, 4) is 0 Å². The molecule has 6 heteroatoms. The van der Waals surface area contributed by atoms with Crippen molar-refractivity contribution in [2.45, 2.75) is 64.7 Å². The molecule has 0 fully saturated rings. The fourth-order valence-corrected chi connectivity index (χ4v) is 2.60. The van der Waals surface area contributed by atoms with E-state index >= 15 is 0 Å². The van der Waals surface area contributed by atoms with Gasteiger partial charge in [-0.2, -0.15) is 0 Å². The van der Waals surface area contributed by atoms with E-state index in [0.717, 1.165) is 32.1 Å². The van der Waals surface area contributed by atoms with Crippen LogP contribution in [0.15, 0.2) is 11.6 Å². The number of hydrogen-bond acceptors (Lipinski definition) is 4. The Bertz CT molecular complexity index is 446. The van der Waals surface area contributed by atoms with Gasteiger partial charge in [-0.3, -0.25) is 14.4 Å². The summed E-state index contributed by atoms with van der Waals surface area (Å²) in [5, 5.41) is 5.49. The molecule has 2 N–H and O–H groups in total.